The van der Waals surface area contributed by atoms with Gasteiger partial charge in [-0.3, -0.25) is 9.59 Å². The molecule has 0 bridgehead atoms. The third-order valence-corrected chi connectivity index (χ3v) is 5.57. The number of hydrogen-bond acceptors (Lipinski definition) is 3. The van der Waals surface area contributed by atoms with Crippen LogP contribution in [0.1, 0.15) is 67.3 Å². The molecule has 0 aliphatic rings. The van der Waals surface area contributed by atoms with Crippen molar-refractivity contribution in [3.63, 3.8) is 0 Å². The van der Waals surface area contributed by atoms with Gasteiger partial charge in [0.15, 0.2) is 5.78 Å². The average molecular weight is 476 g/mol. The third-order valence-electron chi connectivity index (χ3n) is 4.58. The molecule has 1 amide bonds. The molecule has 0 radical (unpaired) electrons. The number of amides is 1. The Balaban J connectivity index is 0.00000450. The van der Waals surface area contributed by atoms with Crippen LogP contribution in [0.3, 0.4) is 0 Å². The van der Waals surface area contributed by atoms with Crippen LogP contribution in [0.2, 0.25) is 0 Å². The molecule has 0 spiro atoms. The molecule has 0 unspecified atom stereocenters. The normalized spacial score (nSPS) is 11.8. The molecule has 0 aromatic heterocycles. The first-order chi connectivity index (χ1) is 13.3. The summed E-state index contributed by atoms with van der Waals surface area (Å²) in [4.78, 5) is 25.2. The van der Waals surface area contributed by atoms with Gasteiger partial charge in [0, 0.05) is 41.1 Å². The van der Waals surface area contributed by atoms with E-state index in [1.54, 1.807) is 26.0 Å². The molecule has 2 aromatic rings. The van der Waals surface area contributed by atoms with Crippen LogP contribution in [-0.2, 0) is 5.41 Å². The minimum atomic E-state index is -0.960. The van der Waals surface area contributed by atoms with Gasteiger partial charge in [0.1, 0.15) is 5.82 Å². The van der Waals surface area contributed by atoms with Gasteiger partial charge in [-0.2, -0.15) is 4.53 Å². The summed E-state index contributed by atoms with van der Waals surface area (Å²) in [6.45, 7) is 9.71. The molecule has 2 aromatic carbocycles. The van der Waals surface area contributed by atoms with E-state index in [1.807, 2.05) is 12.1 Å². The quantitative estimate of drug-likeness (QED) is 0.270. The van der Waals surface area contributed by atoms with Crippen LogP contribution in [0.15, 0.2) is 48.5 Å². The molecule has 0 aliphatic heterocycles. The molecule has 30 heavy (non-hydrogen) atoms. The number of hydrogen-bond donors (Lipinski definition) is 0. The number of ketones is 1. The second-order valence-corrected chi connectivity index (χ2v) is 9.21. The first-order valence-electron chi connectivity index (χ1n) is 9.18. The molecular formula is C22H26Cl3FN2O2. The van der Waals surface area contributed by atoms with E-state index in [0.717, 1.165) is 22.2 Å². The third kappa shape index (κ3) is 6.42. The summed E-state index contributed by atoms with van der Waals surface area (Å²) < 4.78 is 14.7. The Morgan fingerprint density at radius 2 is 1.33 bits per heavy atom. The van der Waals surface area contributed by atoms with Crippen molar-refractivity contribution in [2.75, 3.05) is 0 Å². The molecule has 0 heterocycles. The van der Waals surface area contributed by atoms with Gasteiger partial charge in [0.05, 0.1) is 5.54 Å². The van der Waals surface area contributed by atoms with E-state index < -0.39 is 17.3 Å². The Bertz CT molecular complexity index is 879. The molecule has 0 atom stereocenters. The highest BCUT2D eigenvalue weighted by atomic mass is 35.5. The minimum Gasteiger partial charge on any atom is -0.294 e. The highest BCUT2D eigenvalue weighted by Crippen LogP contribution is 2.29. The lowest BCUT2D eigenvalue weighted by atomic mass is 9.86. The van der Waals surface area contributed by atoms with Gasteiger partial charge in [0.2, 0.25) is 0 Å². The molecule has 0 saturated heterocycles. The highest BCUT2D eigenvalue weighted by molar-refractivity contribution is 6.27. The SMILES string of the molecule is CC(C)(C)c1ccc(C(=O)CC(C)(C)N(Cl)N(Cl)C(=O)c2ccc(F)cc2)cc1.Cl. The first-order valence-corrected chi connectivity index (χ1v) is 9.86. The van der Waals surface area contributed by atoms with Gasteiger partial charge in [-0.15, -0.1) is 16.9 Å². The molecule has 0 N–H and O–H groups in total. The largest absolute Gasteiger partial charge is 0.294 e. The van der Waals surface area contributed by atoms with Crippen molar-refractivity contribution in [2.24, 2.45) is 0 Å². The van der Waals surface area contributed by atoms with Crippen LogP contribution in [-0.4, -0.2) is 26.3 Å². The maximum atomic E-state index is 13.1. The molecule has 4 nitrogen and oxygen atoms in total. The predicted molar refractivity (Wildman–Crippen MR) is 122 cm³/mol. The van der Waals surface area contributed by atoms with Crippen molar-refractivity contribution < 1.29 is 14.0 Å². The van der Waals surface area contributed by atoms with Crippen molar-refractivity contribution in [1.29, 1.82) is 0 Å². The number of benzene rings is 2. The average Bonchev–Trinajstić information content (AvgIpc) is 2.66. The Labute approximate surface area is 193 Å². The fraction of sp³-hybridized carbons (Fsp3) is 0.364. The van der Waals surface area contributed by atoms with Crippen LogP contribution >= 0.6 is 36.0 Å². The summed E-state index contributed by atoms with van der Waals surface area (Å²) in [5.74, 6) is -1.22. The molecule has 0 saturated carbocycles. The van der Waals surface area contributed by atoms with E-state index in [0.29, 0.717) is 10.1 Å². The summed E-state index contributed by atoms with van der Waals surface area (Å²) in [5, 5.41) is 0. The van der Waals surface area contributed by atoms with Crippen LogP contribution in [0.4, 0.5) is 4.39 Å². The first kappa shape index (κ1) is 26.4. The zero-order valence-electron chi connectivity index (χ0n) is 17.6. The van der Waals surface area contributed by atoms with E-state index in [-0.39, 0.29) is 35.6 Å². The lowest BCUT2D eigenvalue weighted by Gasteiger charge is -2.35. The zero-order chi connectivity index (χ0) is 22.0. The smallest absolute Gasteiger partial charge is 0.284 e. The summed E-state index contributed by atoms with van der Waals surface area (Å²) in [6, 6.07) is 12.4. The van der Waals surface area contributed by atoms with Crippen molar-refractivity contribution in [3.05, 3.63) is 71.0 Å². The van der Waals surface area contributed by atoms with E-state index >= 15 is 0 Å². The van der Waals surface area contributed by atoms with E-state index in [2.05, 4.69) is 20.8 Å². The predicted octanol–water partition coefficient (Wildman–Crippen LogP) is 6.56. The Kier molecular flexibility index (Phi) is 8.88. The van der Waals surface area contributed by atoms with Crippen molar-refractivity contribution in [3.8, 4) is 0 Å². The Morgan fingerprint density at radius 3 is 1.80 bits per heavy atom. The van der Waals surface area contributed by atoms with Gasteiger partial charge < -0.3 is 0 Å². The summed E-state index contributed by atoms with van der Waals surface area (Å²) in [6.07, 6.45) is 0.0330. The second kappa shape index (κ2) is 10.1. The van der Waals surface area contributed by atoms with Crippen molar-refractivity contribution >= 4 is 47.7 Å². The zero-order valence-corrected chi connectivity index (χ0v) is 19.9. The summed E-state index contributed by atoms with van der Waals surface area (Å²) >= 11 is 12.4. The number of rotatable bonds is 6. The van der Waals surface area contributed by atoms with Gasteiger partial charge in [-0.1, -0.05) is 45.0 Å². The van der Waals surface area contributed by atoms with Crippen LogP contribution in [0, 0.1) is 5.82 Å². The Hall–Kier alpha value is -1.66. The van der Waals surface area contributed by atoms with Crippen LogP contribution in [0.25, 0.3) is 0 Å². The molecule has 0 aliphatic carbocycles. The van der Waals surface area contributed by atoms with Gasteiger partial charge in [-0.05, 0) is 49.1 Å². The number of halogens is 4. The molecule has 0 fully saturated rings. The summed E-state index contributed by atoms with van der Waals surface area (Å²) in [5.41, 5.74) is 0.894. The lowest BCUT2D eigenvalue weighted by molar-refractivity contribution is 0.0374. The maximum Gasteiger partial charge on any atom is 0.284 e. The minimum absolute atomic E-state index is 0. The van der Waals surface area contributed by atoms with Crippen LogP contribution in [0.5, 0.6) is 0 Å². The number of hydrazine groups is 1. The van der Waals surface area contributed by atoms with Gasteiger partial charge in [-0.25, -0.2) is 4.39 Å². The molecule has 8 heteroatoms. The molecule has 164 valence electrons. The maximum absolute atomic E-state index is 13.1. The standard InChI is InChI=1S/C22H25Cl2FN2O2.ClH/c1-21(2,3)17-10-6-15(7-11-17)19(28)14-22(4,5)27(24)26(23)20(29)16-8-12-18(25)13-9-16;/h6-13H,14H2,1-5H3;1H. The molecular weight excluding hydrogens is 450 g/mol. The Morgan fingerprint density at radius 1 is 0.867 bits per heavy atom. The fourth-order valence-corrected chi connectivity index (χ4v) is 3.16. The van der Waals surface area contributed by atoms with Gasteiger partial charge >= 0.3 is 0 Å². The van der Waals surface area contributed by atoms with Crippen molar-refractivity contribution in [1.82, 2.24) is 9.06 Å². The van der Waals surface area contributed by atoms with E-state index in [9.17, 15) is 14.0 Å². The van der Waals surface area contributed by atoms with E-state index in [4.69, 9.17) is 23.6 Å². The van der Waals surface area contributed by atoms with Gasteiger partial charge in [0.25, 0.3) is 5.91 Å². The second-order valence-electron chi connectivity index (χ2n) is 8.57. The monoisotopic (exact) mass is 474 g/mol. The van der Waals surface area contributed by atoms with Crippen molar-refractivity contribution in [2.45, 2.75) is 52.0 Å². The number of Topliss-reactive ketones (excluding diaryl/α,β-unsaturated/α-hetero) is 1. The summed E-state index contributed by atoms with van der Waals surface area (Å²) in [7, 11) is 0. The number of nitrogens with zero attached hydrogens (tertiary/aromatic N) is 2. The van der Waals surface area contributed by atoms with Crippen LogP contribution < -0.4 is 0 Å². The highest BCUT2D eigenvalue weighted by Gasteiger charge is 2.35. The van der Waals surface area contributed by atoms with E-state index in [1.165, 1.54) is 12.1 Å². The lowest BCUT2D eigenvalue weighted by Crippen LogP contribution is -2.48. The number of carbonyl (C=O) groups is 2. The molecule has 2 rings (SSSR count). The fourth-order valence-electron chi connectivity index (χ4n) is 2.73. The topological polar surface area (TPSA) is 40.6 Å². The number of carbonyl (C=O) groups excluding carboxylic acids is 2.